The smallest absolute Gasteiger partial charge is 0.256 e. The van der Waals surface area contributed by atoms with Crippen molar-refractivity contribution in [2.75, 3.05) is 30.9 Å². The van der Waals surface area contributed by atoms with Gasteiger partial charge in [0, 0.05) is 12.2 Å². The van der Waals surface area contributed by atoms with Crippen molar-refractivity contribution in [1.29, 1.82) is 0 Å². The van der Waals surface area contributed by atoms with Crippen LogP contribution in [0.15, 0.2) is 42.5 Å². The lowest BCUT2D eigenvalue weighted by Gasteiger charge is -2.10. The number of ether oxygens (including phenoxy) is 2. The molecule has 0 saturated heterocycles. The van der Waals surface area contributed by atoms with Gasteiger partial charge < -0.3 is 20.5 Å². The number of pyridine rings is 1. The van der Waals surface area contributed by atoms with Gasteiger partial charge in [-0.1, -0.05) is 18.2 Å². The Labute approximate surface area is 150 Å². The van der Waals surface area contributed by atoms with Crippen LogP contribution in [0.25, 0.3) is 11.0 Å². The van der Waals surface area contributed by atoms with E-state index in [9.17, 15) is 4.79 Å². The molecule has 1 amide bonds. The Morgan fingerprint density at radius 3 is 2.65 bits per heavy atom. The summed E-state index contributed by atoms with van der Waals surface area (Å²) in [5, 5.41) is 2.75. The summed E-state index contributed by atoms with van der Waals surface area (Å²) >= 11 is 0. The first-order valence-electron chi connectivity index (χ1n) is 8.18. The van der Waals surface area contributed by atoms with E-state index in [1.165, 1.54) is 0 Å². The van der Waals surface area contributed by atoms with Crippen molar-refractivity contribution in [3.8, 4) is 5.88 Å². The van der Waals surface area contributed by atoms with Crippen LogP contribution in [0.4, 0.5) is 11.8 Å². The molecule has 0 aliphatic carbocycles. The van der Waals surface area contributed by atoms with Crippen molar-refractivity contribution in [2.24, 2.45) is 0 Å². The Morgan fingerprint density at radius 2 is 1.88 bits per heavy atom. The SMILES string of the molecule is CCOCCOc1nc(N)nc2ccc(NC(=O)c3ccccc3)nc12. The molecule has 0 spiro atoms. The third-order valence-electron chi connectivity index (χ3n) is 3.48. The van der Waals surface area contributed by atoms with Gasteiger partial charge in [0.15, 0.2) is 5.52 Å². The summed E-state index contributed by atoms with van der Waals surface area (Å²) in [6, 6.07) is 12.2. The zero-order chi connectivity index (χ0) is 18.4. The van der Waals surface area contributed by atoms with E-state index in [-0.39, 0.29) is 17.7 Å². The largest absolute Gasteiger partial charge is 0.474 e. The number of fused-ring (bicyclic) bond motifs is 1. The summed E-state index contributed by atoms with van der Waals surface area (Å²) in [6.07, 6.45) is 0. The van der Waals surface area contributed by atoms with E-state index in [0.29, 0.717) is 42.2 Å². The molecule has 26 heavy (non-hydrogen) atoms. The first-order chi connectivity index (χ1) is 12.7. The molecule has 1 aromatic carbocycles. The van der Waals surface area contributed by atoms with E-state index in [1.807, 2.05) is 13.0 Å². The van der Waals surface area contributed by atoms with Crippen LogP contribution < -0.4 is 15.8 Å². The Balaban J connectivity index is 1.84. The summed E-state index contributed by atoms with van der Waals surface area (Å²) in [5.74, 6) is 0.455. The Bertz CT molecular complexity index is 902. The predicted octanol–water partition coefficient (Wildman–Crippen LogP) is 2.27. The van der Waals surface area contributed by atoms with E-state index < -0.39 is 0 Å². The first-order valence-corrected chi connectivity index (χ1v) is 8.18. The highest BCUT2D eigenvalue weighted by atomic mass is 16.5. The van der Waals surface area contributed by atoms with Gasteiger partial charge in [0.25, 0.3) is 5.91 Å². The second-order valence-corrected chi connectivity index (χ2v) is 5.32. The molecule has 3 rings (SSSR count). The highest BCUT2D eigenvalue weighted by Crippen LogP contribution is 2.23. The first kappa shape index (κ1) is 17.6. The summed E-state index contributed by atoms with van der Waals surface area (Å²) < 4.78 is 10.9. The normalized spacial score (nSPS) is 10.7. The maximum Gasteiger partial charge on any atom is 0.256 e. The summed E-state index contributed by atoms with van der Waals surface area (Å²) in [6.45, 7) is 3.24. The molecule has 0 saturated carbocycles. The molecule has 0 unspecified atom stereocenters. The van der Waals surface area contributed by atoms with E-state index in [4.69, 9.17) is 15.2 Å². The number of anilines is 2. The maximum atomic E-state index is 12.3. The minimum Gasteiger partial charge on any atom is -0.474 e. The summed E-state index contributed by atoms with van der Waals surface area (Å²) in [5.41, 5.74) is 7.20. The molecule has 0 atom stereocenters. The molecule has 134 valence electrons. The molecule has 0 fully saturated rings. The molecule has 2 heterocycles. The minimum atomic E-state index is -0.257. The van der Waals surface area contributed by atoms with Gasteiger partial charge in [0.05, 0.1) is 12.1 Å². The average Bonchev–Trinajstić information content (AvgIpc) is 2.66. The van der Waals surface area contributed by atoms with Crippen LogP contribution in [0.3, 0.4) is 0 Å². The van der Waals surface area contributed by atoms with E-state index >= 15 is 0 Å². The van der Waals surface area contributed by atoms with Crippen molar-refractivity contribution < 1.29 is 14.3 Å². The van der Waals surface area contributed by atoms with Crippen molar-refractivity contribution in [1.82, 2.24) is 15.0 Å². The zero-order valence-corrected chi connectivity index (χ0v) is 14.3. The molecular formula is C18H19N5O3. The van der Waals surface area contributed by atoms with Gasteiger partial charge in [-0.3, -0.25) is 4.79 Å². The fraction of sp³-hybridized carbons (Fsp3) is 0.222. The molecule has 8 heteroatoms. The third kappa shape index (κ3) is 4.22. The average molecular weight is 353 g/mol. The molecule has 3 N–H and O–H groups in total. The summed E-state index contributed by atoms with van der Waals surface area (Å²) in [7, 11) is 0. The molecule has 2 aromatic heterocycles. The number of benzene rings is 1. The molecule has 0 aliphatic heterocycles. The van der Waals surface area contributed by atoms with Crippen LogP contribution in [0.5, 0.6) is 5.88 Å². The fourth-order valence-electron chi connectivity index (χ4n) is 2.29. The van der Waals surface area contributed by atoms with Gasteiger partial charge >= 0.3 is 0 Å². The molecule has 0 bridgehead atoms. The highest BCUT2D eigenvalue weighted by Gasteiger charge is 2.12. The number of carbonyl (C=O) groups excluding carboxylic acids is 1. The van der Waals surface area contributed by atoms with E-state index in [1.54, 1.807) is 36.4 Å². The lowest BCUT2D eigenvalue weighted by atomic mass is 10.2. The number of carbonyl (C=O) groups is 1. The fourth-order valence-corrected chi connectivity index (χ4v) is 2.29. The molecule has 8 nitrogen and oxygen atoms in total. The Kier molecular flexibility index (Phi) is 5.55. The summed E-state index contributed by atoms with van der Waals surface area (Å²) in [4.78, 5) is 24.9. The van der Waals surface area contributed by atoms with Crippen molar-refractivity contribution >= 4 is 28.7 Å². The van der Waals surface area contributed by atoms with Crippen molar-refractivity contribution in [2.45, 2.75) is 6.92 Å². The molecular weight excluding hydrogens is 334 g/mol. The minimum absolute atomic E-state index is 0.0896. The highest BCUT2D eigenvalue weighted by molar-refractivity contribution is 6.04. The number of rotatable bonds is 7. The van der Waals surface area contributed by atoms with Crippen molar-refractivity contribution in [3.05, 3.63) is 48.0 Å². The lowest BCUT2D eigenvalue weighted by molar-refractivity contribution is 0.102. The van der Waals surface area contributed by atoms with Crippen LogP contribution in [0.1, 0.15) is 17.3 Å². The van der Waals surface area contributed by atoms with Crippen LogP contribution in [-0.2, 0) is 4.74 Å². The standard InChI is InChI=1S/C18H19N5O3/c1-2-25-10-11-26-17-15-13(20-18(19)23-17)8-9-14(21-15)22-16(24)12-6-4-3-5-7-12/h3-9H,2,10-11H2,1H3,(H2,19,20,23)(H,21,22,24). The van der Waals surface area contributed by atoms with Crippen LogP contribution in [0, 0.1) is 0 Å². The van der Waals surface area contributed by atoms with Gasteiger partial charge in [-0.2, -0.15) is 4.98 Å². The van der Waals surface area contributed by atoms with Gasteiger partial charge in [0.1, 0.15) is 12.4 Å². The van der Waals surface area contributed by atoms with Crippen LogP contribution in [-0.4, -0.2) is 40.7 Å². The van der Waals surface area contributed by atoms with Gasteiger partial charge in [-0.25, -0.2) is 9.97 Å². The number of aromatic nitrogens is 3. The van der Waals surface area contributed by atoms with Crippen LogP contribution in [0.2, 0.25) is 0 Å². The maximum absolute atomic E-state index is 12.3. The van der Waals surface area contributed by atoms with E-state index in [0.717, 1.165) is 0 Å². The van der Waals surface area contributed by atoms with Gasteiger partial charge in [-0.05, 0) is 31.2 Å². The number of nitrogens with two attached hydrogens (primary N) is 1. The molecule has 3 aromatic rings. The zero-order valence-electron chi connectivity index (χ0n) is 14.3. The van der Waals surface area contributed by atoms with Crippen LogP contribution >= 0.6 is 0 Å². The third-order valence-corrected chi connectivity index (χ3v) is 3.48. The predicted molar refractivity (Wildman–Crippen MR) is 98.1 cm³/mol. The molecule has 0 aliphatic rings. The number of nitrogen functional groups attached to an aromatic ring is 1. The number of hydrogen-bond acceptors (Lipinski definition) is 7. The quantitative estimate of drug-likeness (QED) is 0.627. The Morgan fingerprint density at radius 1 is 1.08 bits per heavy atom. The van der Waals surface area contributed by atoms with Crippen molar-refractivity contribution in [3.63, 3.8) is 0 Å². The van der Waals surface area contributed by atoms with E-state index in [2.05, 4.69) is 20.3 Å². The van der Waals surface area contributed by atoms with Gasteiger partial charge in [-0.15, -0.1) is 0 Å². The monoisotopic (exact) mass is 353 g/mol. The topological polar surface area (TPSA) is 112 Å². The number of nitrogens with one attached hydrogen (secondary N) is 1. The number of hydrogen-bond donors (Lipinski definition) is 2. The second kappa shape index (κ2) is 8.21. The van der Waals surface area contributed by atoms with Gasteiger partial charge in [0.2, 0.25) is 11.8 Å². The molecule has 0 radical (unpaired) electrons. The second-order valence-electron chi connectivity index (χ2n) is 5.32. The number of nitrogens with zero attached hydrogens (tertiary/aromatic N) is 3. The lowest BCUT2D eigenvalue weighted by Crippen LogP contribution is -2.13. The number of amides is 1. The Hall–Kier alpha value is -3.26.